The smallest absolute Gasteiger partial charge is 0.310 e. The van der Waals surface area contributed by atoms with Crippen LogP contribution in [0.5, 0.6) is 11.5 Å². The Morgan fingerprint density at radius 2 is 1.91 bits per heavy atom. The first-order valence-corrected chi connectivity index (χ1v) is 12.3. The van der Waals surface area contributed by atoms with Gasteiger partial charge in [0.2, 0.25) is 0 Å². The highest BCUT2D eigenvalue weighted by atomic mass is 16.6. The van der Waals surface area contributed by atoms with Crippen LogP contribution in [0, 0.1) is 23.2 Å². The lowest BCUT2D eigenvalue weighted by Crippen LogP contribution is -2.51. The normalized spacial score (nSPS) is 40.3. The molecule has 2 saturated heterocycles. The molecular weight excluding hydrogens is 406 g/mol. The number of benzene rings is 1. The molecule has 0 radical (unpaired) electrons. The second-order valence-corrected chi connectivity index (χ2v) is 11.1. The molecule has 2 aliphatic carbocycles. The standard InChI is InChI=1S/C26H35NO5/c1-25-6-4-7-26(15-31-26)23(25)11-18-19(24(28)32-22(18)12-25)14-27-8-5-16-9-20(29-2)21(30-3)10-17(16)13-27/h9-10,18-19,22-23H,4-8,11-15H2,1-3H3/t18-,19+,22+,23+,25+,26-/m0/s1. The fourth-order valence-electron chi connectivity index (χ4n) is 7.54. The quantitative estimate of drug-likeness (QED) is 0.526. The lowest BCUT2D eigenvalue weighted by molar-refractivity contribution is -0.147. The fourth-order valence-corrected chi connectivity index (χ4v) is 7.54. The SMILES string of the molecule is COc1cc2c(cc1OC)CN(C[C@H]1C(=O)O[C@@H]3C[C@@]4(C)CCC[C@]5(CO5)[C@@H]4C[C@H]31)CC2. The number of epoxide rings is 1. The molecule has 4 fully saturated rings. The third-order valence-corrected chi connectivity index (χ3v) is 9.33. The first-order chi connectivity index (χ1) is 15.4. The van der Waals surface area contributed by atoms with Gasteiger partial charge in [0.25, 0.3) is 0 Å². The van der Waals surface area contributed by atoms with E-state index < -0.39 is 0 Å². The van der Waals surface area contributed by atoms with E-state index in [-0.39, 0.29) is 29.0 Å². The number of nitrogens with zero attached hydrogens (tertiary/aromatic N) is 1. The summed E-state index contributed by atoms with van der Waals surface area (Å²) in [6.45, 7) is 5.91. The van der Waals surface area contributed by atoms with Crippen LogP contribution in [0.4, 0.5) is 0 Å². The number of carbonyl (C=O) groups is 1. The molecule has 6 atom stereocenters. The number of hydrogen-bond donors (Lipinski definition) is 0. The summed E-state index contributed by atoms with van der Waals surface area (Å²) in [4.78, 5) is 15.4. The number of esters is 1. The molecule has 3 heterocycles. The van der Waals surface area contributed by atoms with Crippen molar-refractivity contribution in [2.24, 2.45) is 23.2 Å². The van der Waals surface area contributed by atoms with E-state index in [1.807, 2.05) is 0 Å². The Labute approximate surface area is 190 Å². The maximum absolute atomic E-state index is 13.0. The Hall–Kier alpha value is -1.79. The van der Waals surface area contributed by atoms with Gasteiger partial charge in [-0.1, -0.05) is 6.92 Å². The van der Waals surface area contributed by atoms with Crippen LogP contribution in [0.3, 0.4) is 0 Å². The van der Waals surface area contributed by atoms with Crippen LogP contribution in [-0.4, -0.2) is 56.5 Å². The van der Waals surface area contributed by atoms with Gasteiger partial charge in [-0.25, -0.2) is 0 Å². The van der Waals surface area contributed by atoms with E-state index in [9.17, 15) is 4.79 Å². The van der Waals surface area contributed by atoms with E-state index in [4.69, 9.17) is 18.9 Å². The van der Waals surface area contributed by atoms with Gasteiger partial charge < -0.3 is 18.9 Å². The molecule has 1 spiro atoms. The number of methoxy groups -OCH3 is 2. The van der Waals surface area contributed by atoms with E-state index in [1.165, 1.54) is 30.4 Å². The van der Waals surface area contributed by atoms with Crippen LogP contribution in [0.2, 0.25) is 0 Å². The van der Waals surface area contributed by atoms with Crippen molar-refractivity contribution in [1.82, 2.24) is 4.90 Å². The van der Waals surface area contributed by atoms with Crippen LogP contribution < -0.4 is 9.47 Å². The van der Waals surface area contributed by atoms with Gasteiger partial charge in [-0.3, -0.25) is 9.69 Å². The molecule has 32 heavy (non-hydrogen) atoms. The monoisotopic (exact) mass is 441 g/mol. The van der Waals surface area contributed by atoms with E-state index >= 15 is 0 Å². The highest BCUT2D eigenvalue weighted by Crippen LogP contribution is 2.62. The van der Waals surface area contributed by atoms with Crippen LogP contribution in [0.25, 0.3) is 0 Å². The molecule has 0 bridgehead atoms. The van der Waals surface area contributed by atoms with Crippen molar-refractivity contribution in [2.75, 3.05) is 33.9 Å². The summed E-state index contributed by atoms with van der Waals surface area (Å²) in [5.74, 6) is 2.45. The van der Waals surface area contributed by atoms with Gasteiger partial charge in [-0.2, -0.15) is 0 Å². The highest BCUT2D eigenvalue weighted by Gasteiger charge is 2.65. The van der Waals surface area contributed by atoms with Gasteiger partial charge in [0.15, 0.2) is 11.5 Å². The number of fused-ring (bicyclic) bond motifs is 4. The summed E-state index contributed by atoms with van der Waals surface area (Å²) in [5, 5.41) is 0. The zero-order valence-electron chi connectivity index (χ0n) is 19.5. The molecule has 0 unspecified atom stereocenters. The third kappa shape index (κ3) is 3.17. The first kappa shape index (κ1) is 20.8. The molecule has 2 saturated carbocycles. The number of hydrogen-bond acceptors (Lipinski definition) is 6. The predicted octanol–water partition coefficient (Wildman–Crippen LogP) is 3.59. The molecule has 6 nitrogen and oxygen atoms in total. The second kappa shape index (κ2) is 7.36. The van der Waals surface area contributed by atoms with Gasteiger partial charge in [-0.05, 0) is 73.1 Å². The third-order valence-electron chi connectivity index (χ3n) is 9.33. The zero-order valence-corrected chi connectivity index (χ0v) is 19.5. The van der Waals surface area contributed by atoms with Gasteiger partial charge in [0, 0.05) is 25.6 Å². The summed E-state index contributed by atoms with van der Waals surface area (Å²) >= 11 is 0. The Bertz CT molecular complexity index is 927. The lowest BCUT2D eigenvalue weighted by Gasteiger charge is -2.51. The minimum Gasteiger partial charge on any atom is -0.493 e. The number of carbonyl (C=O) groups excluding carboxylic acids is 1. The molecule has 1 aromatic carbocycles. The van der Waals surface area contributed by atoms with Gasteiger partial charge in [-0.15, -0.1) is 0 Å². The minimum atomic E-state index is -0.0241. The summed E-state index contributed by atoms with van der Waals surface area (Å²) < 4.78 is 23.1. The molecule has 0 N–H and O–H groups in total. The fraction of sp³-hybridized carbons (Fsp3) is 0.731. The minimum absolute atomic E-state index is 0.0196. The van der Waals surface area contributed by atoms with E-state index in [0.717, 1.165) is 57.0 Å². The summed E-state index contributed by atoms with van der Waals surface area (Å²) in [6, 6.07) is 4.20. The van der Waals surface area contributed by atoms with Crippen molar-refractivity contribution in [3.05, 3.63) is 23.3 Å². The summed E-state index contributed by atoms with van der Waals surface area (Å²) in [6.07, 6.45) is 6.81. The number of rotatable bonds is 4. The molecular formula is C26H35NO5. The lowest BCUT2D eigenvalue weighted by atomic mass is 9.53. The van der Waals surface area contributed by atoms with Crippen LogP contribution in [-0.2, 0) is 27.2 Å². The van der Waals surface area contributed by atoms with Crippen LogP contribution >= 0.6 is 0 Å². The first-order valence-electron chi connectivity index (χ1n) is 12.3. The van der Waals surface area contributed by atoms with Gasteiger partial charge in [0.1, 0.15) is 6.10 Å². The Balaban J connectivity index is 1.19. The Kier molecular flexibility index (Phi) is 4.78. The van der Waals surface area contributed by atoms with Crippen molar-refractivity contribution in [1.29, 1.82) is 0 Å². The average Bonchev–Trinajstić information content (AvgIpc) is 3.49. The average molecular weight is 442 g/mol. The van der Waals surface area contributed by atoms with E-state index in [2.05, 4.69) is 24.0 Å². The topological polar surface area (TPSA) is 60.5 Å². The van der Waals surface area contributed by atoms with Gasteiger partial charge >= 0.3 is 5.97 Å². The van der Waals surface area contributed by atoms with E-state index in [1.54, 1.807) is 14.2 Å². The summed E-state index contributed by atoms with van der Waals surface area (Å²) in [5.41, 5.74) is 2.94. The van der Waals surface area contributed by atoms with Crippen molar-refractivity contribution >= 4 is 5.97 Å². The molecule has 0 aromatic heterocycles. The second-order valence-electron chi connectivity index (χ2n) is 11.1. The predicted molar refractivity (Wildman–Crippen MR) is 119 cm³/mol. The van der Waals surface area contributed by atoms with Crippen molar-refractivity contribution in [3.8, 4) is 11.5 Å². The van der Waals surface area contributed by atoms with Crippen LogP contribution in [0.15, 0.2) is 12.1 Å². The molecule has 0 amide bonds. The molecule has 6 heteroatoms. The highest BCUT2D eigenvalue weighted by molar-refractivity contribution is 5.75. The maximum Gasteiger partial charge on any atom is 0.310 e. The largest absolute Gasteiger partial charge is 0.493 e. The maximum atomic E-state index is 13.0. The van der Waals surface area contributed by atoms with Gasteiger partial charge in [0.05, 0.1) is 32.3 Å². The molecule has 5 aliphatic rings. The Morgan fingerprint density at radius 3 is 2.62 bits per heavy atom. The summed E-state index contributed by atoms with van der Waals surface area (Å²) in [7, 11) is 3.36. The van der Waals surface area contributed by atoms with Crippen molar-refractivity contribution in [2.45, 2.75) is 63.7 Å². The molecule has 174 valence electrons. The molecule has 1 aromatic rings. The molecule has 6 rings (SSSR count). The van der Waals surface area contributed by atoms with Crippen LogP contribution in [0.1, 0.15) is 50.2 Å². The molecule has 3 aliphatic heterocycles. The Morgan fingerprint density at radius 1 is 1.16 bits per heavy atom. The van der Waals surface area contributed by atoms with Crippen molar-refractivity contribution in [3.63, 3.8) is 0 Å². The van der Waals surface area contributed by atoms with E-state index in [0.29, 0.717) is 11.8 Å². The number of ether oxygens (including phenoxy) is 4. The van der Waals surface area contributed by atoms with Crippen molar-refractivity contribution < 1.29 is 23.7 Å². The zero-order chi connectivity index (χ0) is 22.1.